The van der Waals surface area contributed by atoms with Gasteiger partial charge in [0.1, 0.15) is 12.1 Å². The molecule has 1 aromatic heterocycles. The summed E-state index contributed by atoms with van der Waals surface area (Å²) in [6.45, 7) is 7.09. The van der Waals surface area contributed by atoms with E-state index in [0.717, 1.165) is 4.57 Å². The van der Waals surface area contributed by atoms with E-state index in [-0.39, 0.29) is 17.7 Å². The summed E-state index contributed by atoms with van der Waals surface area (Å²) in [4.78, 5) is 52.3. The summed E-state index contributed by atoms with van der Waals surface area (Å²) in [5, 5.41) is 12.1. The molecule has 0 aliphatic carbocycles. The maximum Gasteiger partial charge on any atom is 0.329 e. The molecule has 0 saturated heterocycles. The van der Waals surface area contributed by atoms with Gasteiger partial charge in [-0.1, -0.05) is 39.8 Å². The predicted molar refractivity (Wildman–Crippen MR) is 102 cm³/mol. The average molecular weight is 375 g/mol. The van der Waals surface area contributed by atoms with Crippen molar-refractivity contribution in [2.75, 3.05) is 0 Å². The van der Waals surface area contributed by atoms with Gasteiger partial charge >= 0.3 is 11.7 Å². The van der Waals surface area contributed by atoms with Crippen LogP contribution in [0, 0.1) is 11.8 Å². The van der Waals surface area contributed by atoms with Crippen molar-refractivity contribution >= 4 is 22.8 Å². The normalized spacial score (nSPS) is 13.7. The van der Waals surface area contributed by atoms with Gasteiger partial charge in [-0.25, -0.2) is 14.2 Å². The van der Waals surface area contributed by atoms with Crippen LogP contribution < -0.4 is 16.6 Å². The topological polar surface area (TPSA) is 121 Å². The largest absolute Gasteiger partial charge is 0.480 e. The molecule has 0 radical (unpaired) electrons. The molecule has 2 atom stereocenters. The molecule has 0 fully saturated rings. The van der Waals surface area contributed by atoms with Crippen molar-refractivity contribution in [1.82, 2.24) is 14.9 Å². The number of benzene rings is 1. The Morgan fingerprint density at radius 2 is 1.78 bits per heavy atom. The quantitative estimate of drug-likeness (QED) is 0.677. The number of carbonyl (C=O) groups is 2. The first-order chi connectivity index (χ1) is 12.6. The highest BCUT2D eigenvalue weighted by Gasteiger charge is 2.31. The molecule has 0 aliphatic heterocycles. The van der Waals surface area contributed by atoms with E-state index in [9.17, 15) is 24.3 Å². The molecule has 146 valence electrons. The maximum absolute atomic E-state index is 12.8. The van der Waals surface area contributed by atoms with E-state index in [1.54, 1.807) is 38.1 Å². The summed E-state index contributed by atoms with van der Waals surface area (Å²) in [6.07, 6.45) is 0.245. The van der Waals surface area contributed by atoms with E-state index in [0.29, 0.717) is 5.52 Å². The lowest BCUT2D eigenvalue weighted by molar-refractivity contribution is -0.143. The number of carbonyl (C=O) groups excluding carboxylic acids is 1. The third-order valence-electron chi connectivity index (χ3n) is 4.34. The number of para-hydroxylation sites is 1. The van der Waals surface area contributed by atoms with Crippen LogP contribution in [0.3, 0.4) is 0 Å². The first-order valence-corrected chi connectivity index (χ1v) is 8.90. The molecule has 0 spiro atoms. The van der Waals surface area contributed by atoms with Crippen LogP contribution in [0.4, 0.5) is 0 Å². The van der Waals surface area contributed by atoms with Crippen LogP contribution in [-0.2, 0) is 9.59 Å². The second kappa shape index (κ2) is 8.20. The number of aromatic amines is 1. The Labute approximate surface area is 156 Å². The van der Waals surface area contributed by atoms with Gasteiger partial charge in [0.05, 0.1) is 10.9 Å². The zero-order valence-corrected chi connectivity index (χ0v) is 15.9. The maximum atomic E-state index is 12.8. The van der Waals surface area contributed by atoms with Crippen molar-refractivity contribution in [2.45, 2.75) is 46.2 Å². The van der Waals surface area contributed by atoms with Crippen LogP contribution in [0.5, 0.6) is 0 Å². The van der Waals surface area contributed by atoms with Crippen LogP contribution >= 0.6 is 0 Å². The number of nitrogens with zero attached hydrogens (tertiary/aromatic N) is 1. The number of aromatic nitrogens is 2. The highest BCUT2D eigenvalue weighted by atomic mass is 16.4. The number of H-pyrrole nitrogens is 1. The molecule has 8 nitrogen and oxygen atoms in total. The summed E-state index contributed by atoms with van der Waals surface area (Å²) in [7, 11) is 0. The fraction of sp³-hybridized carbons (Fsp3) is 0.474. The lowest BCUT2D eigenvalue weighted by Gasteiger charge is -2.25. The first kappa shape index (κ1) is 20.4. The molecular weight excluding hydrogens is 350 g/mol. The van der Waals surface area contributed by atoms with Crippen LogP contribution in [0.15, 0.2) is 33.9 Å². The highest BCUT2D eigenvalue weighted by Crippen LogP contribution is 2.17. The standard InChI is InChI=1S/C19H25N3O5/c1-10(2)9-14(18(25)26)20-16(23)15(11(3)4)22-17(24)12-7-5-6-8-13(12)21-19(22)27/h5-8,10-11,14-15H,9H2,1-4H3,(H,20,23)(H,21,27)(H,25,26)/t14-,15+/m0/s1. The van der Waals surface area contributed by atoms with Gasteiger partial charge in [0.2, 0.25) is 5.91 Å². The number of amides is 1. The Bertz CT molecular complexity index is 958. The Morgan fingerprint density at radius 3 is 2.33 bits per heavy atom. The first-order valence-electron chi connectivity index (χ1n) is 8.90. The van der Waals surface area contributed by atoms with Crippen molar-refractivity contribution in [3.8, 4) is 0 Å². The third kappa shape index (κ3) is 4.45. The van der Waals surface area contributed by atoms with Crippen LogP contribution in [0.2, 0.25) is 0 Å². The minimum atomic E-state index is -1.15. The number of fused-ring (bicyclic) bond motifs is 1. The second-order valence-corrected chi connectivity index (χ2v) is 7.37. The minimum absolute atomic E-state index is 0.0516. The molecule has 2 aromatic rings. The van der Waals surface area contributed by atoms with Gasteiger partial charge in [-0.15, -0.1) is 0 Å². The van der Waals surface area contributed by atoms with E-state index in [1.165, 1.54) is 0 Å². The number of nitrogens with one attached hydrogen (secondary N) is 2. The van der Waals surface area contributed by atoms with E-state index >= 15 is 0 Å². The Morgan fingerprint density at radius 1 is 1.15 bits per heavy atom. The van der Waals surface area contributed by atoms with Crippen LogP contribution in [0.1, 0.15) is 40.2 Å². The smallest absolute Gasteiger partial charge is 0.329 e. The van der Waals surface area contributed by atoms with E-state index in [4.69, 9.17) is 0 Å². The molecule has 0 aliphatic rings. The van der Waals surface area contributed by atoms with Gasteiger partial charge in [-0.05, 0) is 30.4 Å². The second-order valence-electron chi connectivity index (χ2n) is 7.37. The summed E-state index contributed by atoms with van der Waals surface area (Å²) in [6, 6.07) is 4.32. The molecule has 1 aromatic carbocycles. The number of carboxylic acids is 1. The fourth-order valence-electron chi connectivity index (χ4n) is 3.10. The summed E-state index contributed by atoms with van der Waals surface area (Å²) in [5.41, 5.74) is -0.905. The van der Waals surface area contributed by atoms with E-state index < -0.39 is 41.1 Å². The summed E-state index contributed by atoms with van der Waals surface area (Å²) < 4.78 is 0.872. The van der Waals surface area contributed by atoms with Gasteiger partial charge in [0.25, 0.3) is 5.56 Å². The molecule has 1 amide bonds. The zero-order chi connectivity index (χ0) is 20.3. The number of aliphatic carboxylic acids is 1. The summed E-state index contributed by atoms with van der Waals surface area (Å²) in [5.74, 6) is -2.17. The third-order valence-corrected chi connectivity index (χ3v) is 4.34. The van der Waals surface area contributed by atoms with Crippen LogP contribution in [0.25, 0.3) is 10.9 Å². The van der Waals surface area contributed by atoms with Gasteiger partial charge < -0.3 is 15.4 Å². The molecule has 0 bridgehead atoms. The Hall–Kier alpha value is -2.90. The van der Waals surface area contributed by atoms with Crippen molar-refractivity contribution in [1.29, 1.82) is 0 Å². The van der Waals surface area contributed by atoms with Crippen molar-refractivity contribution in [2.24, 2.45) is 11.8 Å². The SMILES string of the molecule is CC(C)C[C@H](NC(=O)[C@@H](C(C)C)n1c(=O)[nH]c2ccccc2c1=O)C(=O)O. The predicted octanol–water partition coefficient (Wildman–Crippen LogP) is 1.50. The number of rotatable bonds is 7. The van der Waals surface area contributed by atoms with Crippen molar-refractivity contribution in [3.05, 3.63) is 45.1 Å². The van der Waals surface area contributed by atoms with E-state index in [2.05, 4.69) is 10.3 Å². The minimum Gasteiger partial charge on any atom is -0.480 e. The summed E-state index contributed by atoms with van der Waals surface area (Å²) >= 11 is 0. The lowest BCUT2D eigenvalue weighted by Crippen LogP contribution is -2.50. The Balaban J connectivity index is 2.50. The molecule has 0 unspecified atom stereocenters. The molecule has 2 rings (SSSR count). The number of carboxylic acid groups (broad SMARTS) is 1. The fourth-order valence-corrected chi connectivity index (χ4v) is 3.10. The average Bonchev–Trinajstić information content (AvgIpc) is 2.56. The van der Waals surface area contributed by atoms with Gasteiger partial charge in [0.15, 0.2) is 0 Å². The number of hydrogen-bond acceptors (Lipinski definition) is 4. The van der Waals surface area contributed by atoms with Crippen molar-refractivity contribution < 1.29 is 14.7 Å². The van der Waals surface area contributed by atoms with E-state index in [1.807, 2.05) is 13.8 Å². The van der Waals surface area contributed by atoms with Gasteiger partial charge in [-0.2, -0.15) is 0 Å². The van der Waals surface area contributed by atoms with Crippen molar-refractivity contribution in [3.63, 3.8) is 0 Å². The highest BCUT2D eigenvalue weighted by molar-refractivity contribution is 5.86. The molecule has 3 N–H and O–H groups in total. The van der Waals surface area contributed by atoms with Gasteiger partial charge in [-0.3, -0.25) is 9.59 Å². The number of hydrogen-bond donors (Lipinski definition) is 3. The van der Waals surface area contributed by atoms with Gasteiger partial charge in [0, 0.05) is 0 Å². The lowest BCUT2D eigenvalue weighted by atomic mass is 10.00. The zero-order valence-electron chi connectivity index (χ0n) is 15.9. The monoisotopic (exact) mass is 375 g/mol. The molecule has 27 heavy (non-hydrogen) atoms. The molecular formula is C19H25N3O5. The molecule has 1 heterocycles. The Kier molecular flexibility index (Phi) is 6.20. The molecule has 8 heteroatoms. The van der Waals surface area contributed by atoms with Crippen LogP contribution in [-0.4, -0.2) is 32.6 Å². The molecule has 0 saturated carbocycles.